The molecule has 0 fully saturated rings. The molecule has 0 amide bonds. The average Bonchev–Trinajstić information content (AvgIpc) is 2.81. The SMILES string of the molecule is CSc1cc(-c2ccco2)cnc1C#N. The lowest BCUT2D eigenvalue weighted by Crippen LogP contribution is -1.87. The maximum Gasteiger partial charge on any atom is 0.154 e. The van der Waals surface area contributed by atoms with Crippen LogP contribution in [-0.2, 0) is 0 Å². The Balaban J connectivity index is 2.49. The van der Waals surface area contributed by atoms with Gasteiger partial charge in [0.15, 0.2) is 5.69 Å². The van der Waals surface area contributed by atoms with Crippen LogP contribution in [0.3, 0.4) is 0 Å². The molecule has 15 heavy (non-hydrogen) atoms. The molecule has 0 aromatic carbocycles. The highest BCUT2D eigenvalue weighted by molar-refractivity contribution is 7.98. The number of nitriles is 1. The minimum atomic E-state index is 0.456. The topological polar surface area (TPSA) is 49.8 Å². The first-order chi connectivity index (χ1) is 7.35. The van der Waals surface area contributed by atoms with E-state index in [4.69, 9.17) is 9.68 Å². The van der Waals surface area contributed by atoms with Crippen molar-refractivity contribution in [3.05, 3.63) is 36.4 Å². The number of rotatable bonds is 2. The van der Waals surface area contributed by atoms with Crippen molar-refractivity contribution in [2.24, 2.45) is 0 Å². The Bertz CT molecular complexity index is 500. The molecule has 0 aliphatic rings. The number of pyridine rings is 1. The van der Waals surface area contributed by atoms with Crippen molar-refractivity contribution in [3.63, 3.8) is 0 Å². The number of nitrogens with zero attached hydrogens (tertiary/aromatic N) is 2. The predicted octanol–water partition coefficient (Wildman–Crippen LogP) is 2.94. The normalized spacial score (nSPS) is 9.87. The molecule has 4 heteroatoms. The molecule has 2 heterocycles. The summed E-state index contributed by atoms with van der Waals surface area (Å²) in [6.07, 6.45) is 5.19. The Kier molecular flexibility index (Phi) is 2.75. The second-order valence-corrected chi connectivity index (χ2v) is 3.71. The van der Waals surface area contributed by atoms with Crippen molar-refractivity contribution >= 4 is 11.8 Å². The highest BCUT2D eigenvalue weighted by Gasteiger charge is 2.06. The maximum absolute atomic E-state index is 8.82. The van der Waals surface area contributed by atoms with E-state index in [1.54, 1.807) is 12.5 Å². The Hall–Kier alpha value is -1.73. The summed E-state index contributed by atoms with van der Waals surface area (Å²) in [4.78, 5) is 4.95. The Labute approximate surface area is 91.7 Å². The van der Waals surface area contributed by atoms with Gasteiger partial charge in [-0.1, -0.05) is 0 Å². The summed E-state index contributed by atoms with van der Waals surface area (Å²) in [5, 5.41) is 8.82. The van der Waals surface area contributed by atoms with Crippen molar-refractivity contribution in [3.8, 4) is 17.4 Å². The van der Waals surface area contributed by atoms with Crippen LogP contribution in [0, 0.1) is 11.3 Å². The second kappa shape index (κ2) is 4.20. The van der Waals surface area contributed by atoms with Crippen molar-refractivity contribution in [2.75, 3.05) is 6.26 Å². The highest BCUT2D eigenvalue weighted by atomic mass is 32.2. The number of aromatic nitrogens is 1. The summed E-state index contributed by atoms with van der Waals surface area (Å²) < 4.78 is 5.26. The second-order valence-electron chi connectivity index (χ2n) is 2.86. The van der Waals surface area contributed by atoms with Crippen LogP contribution in [0.25, 0.3) is 11.3 Å². The first-order valence-corrected chi connectivity index (χ1v) is 5.55. The van der Waals surface area contributed by atoms with E-state index in [0.29, 0.717) is 5.69 Å². The molecule has 74 valence electrons. The van der Waals surface area contributed by atoms with Crippen molar-refractivity contribution in [1.82, 2.24) is 4.98 Å². The largest absolute Gasteiger partial charge is 0.464 e. The van der Waals surface area contributed by atoms with Gasteiger partial charge in [-0.3, -0.25) is 0 Å². The Morgan fingerprint density at radius 2 is 2.40 bits per heavy atom. The van der Waals surface area contributed by atoms with Gasteiger partial charge in [0.25, 0.3) is 0 Å². The van der Waals surface area contributed by atoms with E-state index in [2.05, 4.69) is 11.1 Å². The zero-order valence-corrected chi connectivity index (χ0v) is 8.91. The summed E-state index contributed by atoms with van der Waals surface area (Å²) >= 11 is 1.50. The van der Waals surface area contributed by atoms with Crippen molar-refractivity contribution < 1.29 is 4.42 Å². The lowest BCUT2D eigenvalue weighted by atomic mass is 10.2. The van der Waals surface area contributed by atoms with Gasteiger partial charge in [0, 0.05) is 16.7 Å². The zero-order chi connectivity index (χ0) is 10.7. The van der Waals surface area contributed by atoms with E-state index in [1.165, 1.54) is 11.8 Å². The van der Waals surface area contributed by atoms with Crippen LogP contribution in [0.5, 0.6) is 0 Å². The molecule has 0 aliphatic carbocycles. The van der Waals surface area contributed by atoms with Gasteiger partial charge in [-0.25, -0.2) is 4.98 Å². The van der Waals surface area contributed by atoms with Gasteiger partial charge >= 0.3 is 0 Å². The third-order valence-electron chi connectivity index (χ3n) is 1.98. The van der Waals surface area contributed by atoms with Crippen LogP contribution in [0.4, 0.5) is 0 Å². The molecule has 0 unspecified atom stereocenters. The van der Waals surface area contributed by atoms with Gasteiger partial charge in [-0.15, -0.1) is 11.8 Å². The first kappa shape index (κ1) is 9.81. The molecule has 3 nitrogen and oxygen atoms in total. The van der Waals surface area contributed by atoms with Gasteiger partial charge in [-0.05, 0) is 24.5 Å². The molecule has 2 aromatic heterocycles. The molecule has 0 saturated heterocycles. The summed E-state index contributed by atoms with van der Waals surface area (Å²) in [6.45, 7) is 0. The lowest BCUT2D eigenvalue weighted by Gasteiger charge is -2.01. The molecule has 0 spiro atoms. The van der Waals surface area contributed by atoms with E-state index in [-0.39, 0.29) is 0 Å². The van der Waals surface area contributed by atoms with E-state index in [0.717, 1.165) is 16.2 Å². The van der Waals surface area contributed by atoms with Gasteiger partial charge in [-0.2, -0.15) is 5.26 Å². The monoisotopic (exact) mass is 216 g/mol. The standard InChI is InChI=1S/C11H8N2OS/c1-15-11-5-8(7-13-9(11)6-12)10-3-2-4-14-10/h2-5,7H,1H3. The van der Waals surface area contributed by atoms with E-state index >= 15 is 0 Å². The zero-order valence-electron chi connectivity index (χ0n) is 8.10. The summed E-state index contributed by atoms with van der Waals surface area (Å²) in [7, 11) is 0. The molecular weight excluding hydrogens is 208 g/mol. The van der Waals surface area contributed by atoms with E-state index in [9.17, 15) is 0 Å². The Morgan fingerprint density at radius 1 is 1.53 bits per heavy atom. The molecule has 0 radical (unpaired) electrons. The molecule has 0 saturated carbocycles. The highest BCUT2D eigenvalue weighted by Crippen LogP contribution is 2.25. The van der Waals surface area contributed by atoms with Crippen molar-refractivity contribution in [2.45, 2.75) is 4.90 Å². The van der Waals surface area contributed by atoms with Crippen LogP contribution in [0.2, 0.25) is 0 Å². The number of hydrogen-bond acceptors (Lipinski definition) is 4. The third-order valence-corrected chi connectivity index (χ3v) is 2.74. The number of furan rings is 1. The molecule has 0 aliphatic heterocycles. The molecular formula is C11H8N2OS. The molecule has 2 rings (SSSR count). The van der Waals surface area contributed by atoms with Gasteiger partial charge in [0.1, 0.15) is 11.8 Å². The fraction of sp³-hybridized carbons (Fsp3) is 0.0909. The Morgan fingerprint density at radius 3 is 3.00 bits per heavy atom. The summed E-state index contributed by atoms with van der Waals surface area (Å²) in [6, 6.07) is 7.66. The number of thioether (sulfide) groups is 1. The van der Waals surface area contributed by atoms with E-state index in [1.807, 2.05) is 24.5 Å². The average molecular weight is 216 g/mol. The molecule has 0 N–H and O–H groups in total. The van der Waals surface area contributed by atoms with Crippen LogP contribution >= 0.6 is 11.8 Å². The van der Waals surface area contributed by atoms with Crippen LogP contribution in [0.15, 0.2) is 40.0 Å². The van der Waals surface area contributed by atoms with Crippen LogP contribution in [0.1, 0.15) is 5.69 Å². The van der Waals surface area contributed by atoms with Gasteiger partial charge in [0.2, 0.25) is 0 Å². The predicted molar refractivity (Wildman–Crippen MR) is 58.4 cm³/mol. The van der Waals surface area contributed by atoms with Crippen molar-refractivity contribution in [1.29, 1.82) is 5.26 Å². The van der Waals surface area contributed by atoms with Gasteiger partial charge in [0.05, 0.1) is 6.26 Å². The van der Waals surface area contributed by atoms with E-state index < -0.39 is 0 Å². The van der Waals surface area contributed by atoms with Crippen LogP contribution in [-0.4, -0.2) is 11.2 Å². The minimum Gasteiger partial charge on any atom is -0.464 e. The minimum absolute atomic E-state index is 0.456. The fourth-order valence-corrected chi connectivity index (χ4v) is 1.80. The molecule has 0 atom stereocenters. The summed E-state index contributed by atoms with van der Waals surface area (Å²) in [5.41, 5.74) is 1.35. The maximum atomic E-state index is 8.82. The van der Waals surface area contributed by atoms with Gasteiger partial charge < -0.3 is 4.42 Å². The first-order valence-electron chi connectivity index (χ1n) is 4.33. The smallest absolute Gasteiger partial charge is 0.154 e. The fourth-order valence-electron chi connectivity index (χ4n) is 1.26. The third kappa shape index (κ3) is 1.88. The quantitative estimate of drug-likeness (QED) is 0.724. The molecule has 2 aromatic rings. The summed E-state index contributed by atoms with van der Waals surface area (Å²) in [5.74, 6) is 0.766. The lowest BCUT2D eigenvalue weighted by molar-refractivity contribution is 0.582. The molecule has 0 bridgehead atoms. The van der Waals surface area contributed by atoms with Crippen LogP contribution < -0.4 is 0 Å². The number of hydrogen-bond donors (Lipinski definition) is 0.